The van der Waals surface area contributed by atoms with Gasteiger partial charge in [-0.15, -0.1) is 0 Å². The van der Waals surface area contributed by atoms with Crippen LogP contribution in [0, 0.1) is 10.1 Å². The van der Waals surface area contributed by atoms with E-state index in [2.05, 4.69) is 15.9 Å². The highest BCUT2D eigenvalue weighted by Crippen LogP contribution is 2.21. The van der Waals surface area contributed by atoms with Gasteiger partial charge < -0.3 is 9.47 Å². The minimum atomic E-state index is -0.486. The van der Waals surface area contributed by atoms with Crippen LogP contribution >= 0.6 is 15.9 Å². The molecule has 0 saturated carbocycles. The van der Waals surface area contributed by atoms with Crippen LogP contribution in [0.1, 0.15) is 23.3 Å². The third-order valence-electron chi connectivity index (χ3n) is 3.07. The number of carbonyl (C=O) groups is 1. The Morgan fingerprint density at radius 2 is 2.33 bits per heavy atom. The number of halogens is 1. The van der Waals surface area contributed by atoms with E-state index in [1.54, 1.807) is 11.9 Å². The molecule has 2 rings (SSSR count). The molecule has 0 aliphatic carbocycles. The number of hydrogen-bond donors (Lipinski definition) is 0. The van der Waals surface area contributed by atoms with E-state index in [0.717, 1.165) is 12.8 Å². The summed E-state index contributed by atoms with van der Waals surface area (Å²) < 4.78 is 1.51. The van der Waals surface area contributed by atoms with E-state index in [0.29, 0.717) is 23.6 Å². The molecule has 1 unspecified atom stereocenters. The van der Waals surface area contributed by atoms with Gasteiger partial charge in [-0.25, -0.2) is 0 Å². The Bertz CT molecular complexity index is 486. The lowest BCUT2D eigenvalue weighted by Crippen LogP contribution is -2.40. The van der Waals surface area contributed by atoms with E-state index >= 15 is 0 Å². The third-order valence-corrected chi connectivity index (χ3v) is 3.82. The van der Waals surface area contributed by atoms with Crippen LogP contribution < -0.4 is 0 Å². The molecule has 6 nitrogen and oxygen atoms in total. The lowest BCUT2D eigenvalue weighted by molar-refractivity contribution is -0.384. The van der Waals surface area contributed by atoms with Crippen molar-refractivity contribution in [3.63, 3.8) is 0 Å². The molecular formula is C11H14BrN3O3. The summed E-state index contributed by atoms with van der Waals surface area (Å²) in [6.45, 7) is 1.36. The highest BCUT2D eigenvalue weighted by atomic mass is 79.9. The highest BCUT2D eigenvalue weighted by Gasteiger charge is 2.26. The number of piperidine rings is 1. The Labute approximate surface area is 113 Å². The smallest absolute Gasteiger partial charge is 0.287 e. The molecule has 2 heterocycles. The maximum Gasteiger partial charge on any atom is 0.287 e. The van der Waals surface area contributed by atoms with Crippen molar-refractivity contribution < 1.29 is 9.72 Å². The van der Waals surface area contributed by atoms with Crippen LogP contribution in [-0.4, -0.2) is 38.2 Å². The van der Waals surface area contributed by atoms with Gasteiger partial charge in [-0.3, -0.25) is 14.9 Å². The van der Waals surface area contributed by atoms with Gasteiger partial charge in [0.2, 0.25) is 0 Å². The summed E-state index contributed by atoms with van der Waals surface area (Å²) in [7, 11) is 1.65. The first-order valence-corrected chi connectivity index (χ1v) is 6.64. The quantitative estimate of drug-likeness (QED) is 0.476. The van der Waals surface area contributed by atoms with E-state index in [4.69, 9.17) is 0 Å². The fourth-order valence-electron chi connectivity index (χ4n) is 2.13. The molecule has 1 atom stereocenters. The van der Waals surface area contributed by atoms with Gasteiger partial charge in [0.15, 0.2) is 0 Å². The number of rotatable bonds is 2. The van der Waals surface area contributed by atoms with Crippen molar-refractivity contribution in [3.8, 4) is 0 Å². The molecule has 0 bridgehead atoms. The first-order valence-electron chi connectivity index (χ1n) is 5.73. The molecule has 0 aromatic carbocycles. The van der Waals surface area contributed by atoms with Crippen LogP contribution in [0.3, 0.4) is 0 Å². The zero-order valence-corrected chi connectivity index (χ0v) is 11.6. The molecule has 0 N–H and O–H groups in total. The number of aromatic nitrogens is 1. The van der Waals surface area contributed by atoms with Gasteiger partial charge in [0, 0.05) is 31.0 Å². The summed E-state index contributed by atoms with van der Waals surface area (Å²) in [5.74, 6) is -0.144. The first kappa shape index (κ1) is 13.1. The summed E-state index contributed by atoms with van der Waals surface area (Å²) in [6.07, 6.45) is 3.37. The Morgan fingerprint density at radius 3 is 2.89 bits per heavy atom. The minimum Gasteiger partial charge on any atom is -0.340 e. The average Bonchev–Trinajstić information content (AvgIpc) is 2.70. The molecule has 1 fully saturated rings. The van der Waals surface area contributed by atoms with Gasteiger partial charge in [0.05, 0.1) is 11.1 Å². The summed E-state index contributed by atoms with van der Waals surface area (Å²) in [5.41, 5.74) is 0.316. The van der Waals surface area contributed by atoms with Crippen molar-refractivity contribution in [2.24, 2.45) is 7.05 Å². The molecule has 0 radical (unpaired) electrons. The third kappa shape index (κ3) is 2.55. The van der Waals surface area contributed by atoms with Crippen LogP contribution in [0.15, 0.2) is 12.3 Å². The standard InChI is InChI=1S/C11H14BrN3O3/c1-13-7-9(15(17)18)5-10(13)11(16)14-4-2-3-8(12)6-14/h5,7-8H,2-4,6H2,1H3. The molecule has 1 saturated heterocycles. The minimum absolute atomic E-state index is 0.0479. The van der Waals surface area contributed by atoms with E-state index in [1.165, 1.54) is 16.8 Å². The molecule has 1 aliphatic heterocycles. The number of carbonyl (C=O) groups excluding carboxylic acids is 1. The fraction of sp³-hybridized carbons (Fsp3) is 0.545. The van der Waals surface area contributed by atoms with Crippen LogP contribution in [0.4, 0.5) is 5.69 Å². The molecule has 1 amide bonds. The molecule has 7 heteroatoms. The zero-order valence-electron chi connectivity index (χ0n) is 10.0. The SMILES string of the molecule is Cn1cc([N+](=O)[O-])cc1C(=O)N1CCCC(Br)C1. The topological polar surface area (TPSA) is 68.4 Å². The predicted molar refractivity (Wildman–Crippen MR) is 69.9 cm³/mol. The lowest BCUT2D eigenvalue weighted by atomic mass is 10.1. The number of likely N-dealkylation sites (tertiary alicyclic amines) is 1. The van der Waals surface area contributed by atoms with E-state index in [9.17, 15) is 14.9 Å². The number of alkyl halides is 1. The predicted octanol–water partition coefficient (Wildman–Crippen LogP) is 1.93. The van der Waals surface area contributed by atoms with Gasteiger partial charge in [-0.2, -0.15) is 0 Å². The van der Waals surface area contributed by atoms with Gasteiger partial charge in [0.25, 0.3) is 11.6 Å². The van der Waals surface area contributed by atoms with Crippen molar-refractivity contribution in [2.45, 2.75) is 17.7 Å². The summed E-state index contributed by atoms with van der Waals surface area (Å²) in [5, 5.41) is 10.7. The van der Waals surface area contributed by atoms with Crippen LogP contribution in [0.25, 0.3) is 0 Å². The summed E-state index contributed by atoms with van der Waals surface area (Å²) >= 11 is 3.51. The summed E-state index contributed by atoms with van der Waals surface area (Å²) in [4.78, 5) is 24.5. The summed E-state index contributed by atoms with van der Waals surface area (Å²) in [6, 6.07) is 1.33. The Kier molecular flexibility index (Phi) is 3.70. The van der Waals surface area contributed by atoms with Gasteiger partial charge >= 0.3 is 0 Å². The second-order valence-electron chi connectivity index (χ2n) is 4.44. The van der Waals surface area contributed by atoms with E-state index < -0.39 is 4.92 Å². The molecule has 1 aromatic rings. The first-order chi connectivity index (χ1) is 8.49. The zero-order chi connectivity index (χ0) is 13.3. The van der Waals surface area contributed by atoms with Crippen LogP contribution in [-0.2, 0) is 7.05 Å². The Balaban J connectivity index is 2.20. The Hall–Kier alpha value is -1.37. The fourth-order valence-corrected chi connectivity index (χ4v) is 2.80. The Morgan fingerprint density at radius 1 is 1.61 bits per heavy atom. The normalized spacial score (nSPS) is 19.9. The monoisotopic (exact) mass is 315 g/mol. The highest BCUT2D eigenvalue weighted by molar-refractivity contribution is 9.09. The van der Waals surface area contributed by atoms with Crippen molar-refractivity contribution >= 4 is 27.5 Å². The molecule has 1 aliphatic rings. The number of nitro groups is 1. The maximum atomic E-state index is 12.3. The molecule has 98 valence electrons. The average molecular weight is 316 g/mol. The number of amides is 1. The van der Waals surface area contributed by atoms with Crippen molar-refractivity contribution in [1.82, 2.24) is 9.47 Å². The van der Waals surface area contributed by atoms with E-state index in [1.807, 2.05) is 0 Å². The number of hydrogen-bond acceptors (Lipinski definition) is 3. The lowest BCUT2D eigenvalue weighted by Gasteiger charge is -2.30. The number of aryl methyl sites for hydroxylation is 1. The van der Waals surface area contributed by atoms with Gasteiger partial charge in [-0.05, 0) is 12.8 Å². The maximum absolute atomic E-state index is 12.3. The molecular weight excluding hydrogens is 302 g/mol. The van der Waals surface area contributed by atoms with Gasteiger partial charge in [-0.1, -0.05) is 15.9 Å². The van der Waals surface area contributed by atoms with Crippen molar-refractivity contribution in [2.75, 3.05) is 13.1 Å². The molecule has 18 heavy (non-hydrogen) atoms. The molecule has 0 spiro atoms. The second kappa shape index (κ2) is 5.09. The van der Waals surface area contributed by atoms with Gasteiger partial charge in [0.1, 0.15) is 5.69 Å². The number of nitrogens with zero attached hydrogens (tertiary/aromatic N) is 3. The molecule has 1 aromatic heterocycles. The van der Waals surface area contributed by atoms with Crippen LogP contribution in [0.2, 0.25) is 0 Å². The largest absolute Gasteiger partial charge is 0.340 e. The van der Waals surface area contributed by atoms with Crippen LogP contribution in [0.5, 0.6) is 0 Å². The van der Waals surface area contributed by atoms with E-state index in [-0.39, 0.29) is 11.6 Å². The van der Waals surface area contributed by atoms with Crippen molar-refractivity contribution in [1.29, 1.82) is 0 Å². The van der Waals surface area contributed by atoms with Crippen molar-refractivity contribution in [3.05, 3.63) is 28.1 Å². The second-order valence-corrected chi connectivity index (χ2v) is 5.74.